The van der Waals surface area contributed by atoms with Crippen LogP contribution < -0.4 is 15.5 Å². The van der Waals surface area contributed by atoms with Gasteiger partial charge in [0.15, 0.2) is 0 Å². The molecule has 2 aromatic carbocycles. The van der Waals surface area contributed by atoms with Crippen molar-refractivity contribution in [2.75, 3.05) is 24.3 Å². The third-order valence-corrected chi connectivity index (χ3v) is 6.61. The van der Waals surface area contributed by atoms with E-state index in [2.05, 4.69) is 48.7 Å². The smallest absolute Gasteiger partial charge is 0.225 e. The average Bonchev–Trinajstić information content (AvgIpc) is 2.79. The van der Waals surface area contributed by atoms with Crippen molar-refractivity contribution in [3.63, 3.8) is 0 Å². The van der Waals surface area contributed by atoms with E-state index in [-0.39, 0.29) is 17.9 Å². The van der Waals surface area contributed by atoms with Crippen molar-refractivity contribution in [3.8, 4) is 0 Å². The summed E-state index contributed by atoms with van der Waals surface area (Å²) in [5, 5.41) is 7.72. The summed E-state index contributed by atoms with van der Waals surface area (Å²) in [6.07, 6.45) is 3.64. The summed E-state index contributed by atoms with van der Waals surface area (Å²) < 4.78 is 0. The molecule has 1 amide bonds. The maximum atomic E-state index is 12.7. The number of hydrogen-bond acceptors (Lipinski definition) is 5. The molecule has 0 spiro atoms. The third kappa shape index (κ3) is 4.85. The number of nitrogens with one attached hydrogen (secondary N) is 2. The Kier molecular flexibility index (Phi) is 6.58. The molecular weight excluding hydrogens is 398 g/mol. The summed E-state index contributed by atoms with van der Waals surface area (Å²) in [6.45, 7) is 4.82. The third-order valence-electron chi connectivity index (χ3n) is 6.61. The first-order valence-corrected chi connectivity index (χ1v) is 11.5. The van der Waals surface area contributed by atoms with E-state index in [9.17, 15) is 4.79 Å². The zero-order valence-corrected chi connectivity index (χ0v) is 19.5. The molecule has 4 rings (SSSR count). The lowest BCUT2D eigenvalue weighted by molar-refractivity contribution is -0.126. The van der Waals surface area contributed by atoms with E-state index >= 15 is 0 Å². The number of hydrogen-bond donors (Lipinski definition) is 2. The van der Waals surface area contributed by atoms with Gasteiger partial charge in [0.2, 0.25) is 11.9 Å². The first kappa shape index (κ1) is 22.1. The minimum atomic E-state index is 0.0769. The fourth-order valence-electron chi connectivity index (χ4n) is 4.48. The number of nitrogens with zero attached hydrogens (tertiary/aromatic N) is 3. The highest BCUT2D eigenvalue weighted by Gasteiger charge is 2.27. The van der Waals surface area contributed by atoms with Gasteiger partial charge in [-0.3, -0.25) is 4.79 Å². The van der Waals surface area contributed by atoms with Crippen molar-refractivity contribution >= 4 is 28.6 Å². The molecule has 0 aliphatic heterocycles. The molecule has 2 N–H and O–H groups in total. The molecule has 6 heteroatoms. The monoisotopic (exact) mass is 431 g/mol. The van der Waals surface area contributed by atoms with Gasteiger partial charge in [-0.1, -0.05) is 30.3 Å². The number of rotatable bonds is 6. The van der Waals surface area contributed by atoms with Gasteiger partial charge < -0.3 is 15.5 Å². The average molecular weight is 432 g/mol. The second-order valence-electron chi connectivity index (χ2n) is 9.05. The predicted molar refractivity (Wildman–Crippen MR) is 131 cm³/mol. The molecule has 1 fully saturated rings. The van der Waals surface area contributed by atoms with Crippen molar-refractivity contribution in [2.24, 2.45) is 5.92 Å². The molecule has 1 saturated carbocycles. The Morgan fingerprint density at radius 3 is 2.50 bits per heavy atom. The molecule has 0 unspecified atom stereocenters. The van der Waals surface area contributed by atoms with Crippen LogP contribution in [0.3, 0.4) is 0 Å². The normalized spacial score (nSPS) is 18.4. The Labute approximate surface area is 190 Å². The van der Waals surface area contributed by atoms with E-state index < -0.39 is 0 Å². The standard InChI is InChI=1S/C26H33N5O/c1-17-8-7-9-20(18(17)2)16-27-25(32)19-12-14-21(15-13-19)28-26-29-23-11-6-5-10-22(23)24(30-26)31(3)4/h5-11,19,21H,12-16H2,1-4H3,(H,27,32)(H,28,29,30). The number of carbonyl (C=O) groups is 1. The topological polar surface area (TPSA) is 70.2 Å². The van der Waals surface area contributed by atoms with E-state index in [1.165, 1.54) is 16.7 Å². The molecule has 0 bridgehead atoms. The zero-order valence-electron chi connectivity index (χ0n) is 19.5. The number of aromatic nitrogens is 2. The molecule has 3 aromatic rings. The fourth-order valence-corrected chi connectivity index (χ4v) is 4.48. The first-order valence-electron chi connectivity index (χ1n) is 11.5. The number of para-hydroxylation sites is 1. The predicted octanol–water partition coefficient (Wildman–Crippen LogP) is 4.60. The van der Waals surface area contributed by atoms with E-state index in [1.54, 1.807) is 0 Å². The highest BCUT2D eigenvalue weighted by atomic mass is 16.1. The van der Waals surface area contributed by atoms with E-state index in [4.69, 9.17) is 9.97 Å². The quantitative estimate of drug-likeness (QED) is 0.597. The van der Waals surface area contributed by atoms with Gasteiger partial charge in [-0.2, -0.15) is 4.98 Å². The Balaban J connectivity index is 1.34. The number of anilines is 2. The van der Waals surface area contributed by atoms with Crippen molar-refractivity contribution < 1.29 is 4.79 Å². The molecule has 6 nitrogen and oxygen atoms in total. The lowest BCUT2D eigenvalue weighted by atomic mass is 9.85. The lowest BCUT2D eigenvalue weighted by Gasteiger charge is -2.29. The SMILES string of the molecule is Cc1cccc(CNC(=O)C2CCC(Nc3nc(N(C)C)c4ccccc4n3)CC2)c1C. The van der Waals surface area contributed by atoms with Crippen LogP contribution in [-0.2, 0) is 11.3 Å². The van der Waals surface area contributed by atoms with E-state index in [0.29, 0.717) is 12.5 Å². The second kappa shape index (κ2) is 9.55. The van der Waals surface area contributed by atoms with E-state index in [1.807, 2.05) is 37.2 Å². The highest BCUT2D eigenvalue weighted by Crippen LogP contribution is 2.28. The van der Waals surface area contributed by atoms with Crippen LogP contribution in [0.4, 0.5) is 11.8 Å². The zero-order chi connectivity index (χ0) is 22.7. The maximum Gasteiger partial charge on any atom is 0.225 e. The largest absolute Gasteiger partial charge is 0.362 e. The number of benzene rings is 2. The Bertz CT molecular complexity index is 1100. The number of fused-ring (bicyclic) bond motifs is 1. The molecule has 1 aliphatic rings. The summed E-state index contributed by atoms with van der Waals surface area (Å²) in [7, 11) is 4.00. The molecule has 0 saturated heterocycles. The highest BCUT2D eigenvalue weighted by molar-refractivity contribution is 5.90. The van der Waals surface area contributed by atoms with Crippen LogP contribution in [0.2, 0.25) is 0 Å². The van der Waals surface area contributed by atoms with Crippen LogP contribution in [0.1, 0.15) is 42.4 Å². The molecule has 1 heterocycles. The van der Waals surface area contributed by atoms with Gasteiger partial charge in [0.05, 0.1) is 5.52 Å². The summed E-state index contributed by atoms with van der Waals surface area (Å²) in [6, 6.07) is 14.6. The van der Waals surface area contributed by atoms with Crippen molar-refractivity contribution in [3.05, 3.63) is 59.2 Å². The Morgan fingerprint density at radius 1 is 1.00 bits per heavy atom. The molecule has 1 aromatic heterocycles. The van der Waals surface area contributed by atoms with E-state index in [0.717, 1.165) is 42.4 Å². The van der Waals surface area contributed by atoms with Crippen molar-refractivity contribution in [1.82, 2.24) is 15.3 Å². The van der Waals surface area contributed by atoms with Crippen LogP contribution >= 0.6 is 0 Å². The fraction of sp³-hybridized carbons (Fsp3) is 0.423. The minimum absolute atomic E-state index is 0.0769. The summed E-state index contributed by atoms with van der Waals surface area (Å²) >= 11 is 0. The van der Waals surface area contributed by atoms with Crippen LogP contribution in [-0.4, -0.2) is 36.0 Å². The Hall–Kier alpha value is -3.15. The van der Waals surface area contributed by atoms with Gasteiger partial charge in [0, 0.05) is 38.0 Å². The Morgan fingerprint density at radius 2 is 1.75 bits per heavy atom. The van der Waals surface area contributed by atoms with Gasteiger partial charge in [0.1, 0.15) is 5.82 Å². The molecular formula is C26H33N5O. The van der Waals surface area contributed by atoms with Gasteiger partial charge in [-0.15, -0.1) is 0 Å². The summed E-state index contributed by atoms with van der Waals surface area (Å²) in [5.41, 5.74) is 4.65. The van der Waals surface area contributed by atoms with Gasteiger partial charge in [-0.25, -0.2) is 4.98 Å². The molecule has 0 radical (unpaired) electrons. The summed E-state index contributed by atoms with van der Waals surface area (Å²) in [5.74, 6) is 1.82. The molecule has 1 aliphatic carbocycles. The first-order chi connectivity index (χ1) is 15.4. The second-order valence-corrected chi connectivity index (χ2v) is 9.05. The molecule has 0 atom stereocenters. The van der Waals surface area contributed by atoms with Gasteiger partial charge in [0.25, 0.3) is 0 Å². The minimum Gasteiger partial charge on any atom is -0.362 e. The van der Waals surface area contributed by atoms with Crippen molar-refractivity contribution in [1.29, 1.82) is 0 Å². The van der Waals surface area contributed by atoms with Gasteiger partial charge in [-0.05, 0) is 68.4 Å². The van der Waals surface area contributed by atoms with Crippen LogP contribution in [0.25, 0.3) is 10.9 Å². The number of carbonyl (C=O) groups excluding carboxylic acids is 1. The number of aryl methyl sites for hydroxylation is 1. The van der Waals surface area contributed by atoms with Crippen LogP contribution in [0.5, 0.6) is 0 Å². The molecule has 32 heavy (non-hydrogen) atoms. The number of amides is 1. The molecule has 168 valence electrons. The van der Waals surface area contributed by atoms with Crippen LogP contribution in [0.15, 0.2) is 42.5 Å². The van der Waals surface area contributed by atoms with Crippen LogP contribution in [0, 0.1) is 19.8 Å². The summed E-state index contributed by atoms with van der Waals surface area (Å²) in [4.78, 5) is 24.2. The van der Waals surface area contributed by atoms with Gasteiger partial charge >= 0.3 is 0 Å². The lowest BCUT2D eigenvalue weighted by Crippen LogP contribution is -2.36. The van der Waals surface area contributed by atoms with Crippen molar-refractivity contribution in [2.45, 2.75) is 52.1 Å². The maximum absolute atomic E-state index is 12.7.